The molecule has 0 aliphatic rings. The Labute approximate surface area is 64.6 Å². The van der Waals surface area contributed by atoms with Crippen molar-refractivity contribution in [1.82, 2.24) is 9.36 Å². The number of hydrogen-bond acceptors (Lipinski definition) is 4. The maximum atomic E-state index is 8.19. The third-order valence-electron chi connectivity index (χ3n) is 0.680. The van der Waals surface area contributed by atoms with E-state index in [0.29, 0.717) is 12.2 Å². The van der Waals surface area contributed by atoms with E-state index in [1.807, 2.05) is 6.07 Å². The number of nitriles is 1. The van der Waals surface area contributed by atoms with E-state index < -0.39 is 0 Å². The van der Waals surface area contributed by atoms with E-state index in [4.69, 9.17) is 5.26 Å². The molecule has 0 N–H and O–H groups in total. The lowest BCUT2D eigenvalue weighted by Gasteiger charge is -1.74. The molecule has 0 unspecified atom stereocenters. The summed E-state index contributed by atoms with van der Waals surface area (Å²) in [5.41, 5.74) is 0. The van der Waals surface area contributed by atoms with E-state index in [1.165, 1.54) is 11.5 Å². The first-order valence-electron chi connectivity index (χ1n) is 2.18. The number of hydrogen-bond donors (Lipinski definition) is 0. The maximum absolute atomic E-state index is 8.19. The summed E-state index contributed by atoms with van der Waals surface area (Å²) < 4.78 is 4.60. The number of rotatable bonds is 1. The molecule has 3 nitrogen and oxygen atoms in total. The summed E-state index contributed by atoms with van der Waals surface area (Å²) in [6.07, 6.45) is 0.294. The molecule has 46 valence electrons. The second-order valence-electron chi connectivity index (χ2n) is 1.30. The summed E-state index contributed by atoms with van der Waals surface area (Å²) in [7, 11) is 0. The van der Waals surface area contributed by atoms with Crippen molar-refractivity contribution < 1.29 is 0 Å². The van der Waals surface area contributed by atoms with Crippen molar-refractivity contribution >= 4 is 27.5 Å². The largest absolute Gasteiger partial charge is 0.211 e. The number of nitrogens with zero attached hydrogens (tertiary/aromatic N) is 3. The molecule has 1 aromatic rings. The van der Waals surface area contributed by atoms with Gasteiger partial charge in [0, 0.05) is 0 Å². The van der Waals surface area contributed by atoms with Crippen LogP contribution in [0.3, 0.4) is 0 Å². The summed E-state index contributed by atoms with van der Waals surface area (Å²) >= 11 is 4.39. The summed E-state index contributed by atoms with van der Waals surface area (Å²) in [4.78, 5) is 3.90. The zero-order chi connectivity index (χ0) is 6.69. The molecular formula is C4H2BrN3S. The lowest BCUT2D eigenvalue weighted by atomic mass is 10.5. The van der Waals surface area contributed by atoms with E-state index in [2.05, 4.69) is 25.3 Å². The first kappa shape index (κ1) is 6.65. The Morgan fingerprint density at radius 1 is 1.78 bits per heavy atom. The minimum Gasteiger partial charge on any atom is -0.211 e. The Hall–Kier alpha value is -0.470. The molecule has 0 spiro atoms. The Kier molecular flexibility index (Phi) is 2.14. The van der Waals surface area contributed by atoms with Gasteiger partial charge in [-0.3, -0.25) is 0 Å². The molecule has 1 heterocycles. The Morgan fingerprint density at radius 2 is 2.56 bits per heavy atom. The zero-order valence-electron chi connectivity index (χ0n) is 4.33. The minimum atomic E-state index is 0.294. The molecule has 0 bridgehead atoms. The Balaban J connectivity index is 2.76. The summed E-state index contributed by atoms with van der Waals surface area (Å²) in [5.74, 6) is 0.592. The molecule has 5 heteroatoms. The van der Waals surface area contributed by atoms with Gasteiger partial charge in [0.25, 0.3) is 0 Å². The average Bonchev–Trinajstić information content (AvgIpc) is 2.17. The van der Waals surface area contributed by atoms with Gasteiger partial charge in [0.15, 0.2) is 9.74 Å². The molecule has 0 atom stereocenters. The van der Waals surface area contributed by atoms with Gasteiger partial charge in [0.05, 0.1) is 12.5 Å². The van der Waals surface area contributed by atoms with E-state index in [1.54, 1.807) is 0 Å². The molecule has 9 heavy (non-hydrogen) atoms. The highest BCUT2D eigenvalue weighted by atomic mass is 79.9. The molecule has 0 saturated carbocycles. The van der Waals surface area contributed by atoms with E-state index in [-0.39, 0.29) is 0 Å². The van der Waals surface area contributed by atoms with Crippen molar-refractivity contribution in [2.45, 2.75) is 6.42 Å². The van der Waals surface area contributed by atoms with Gasteiger partial charge >= 0.3 is 0 Å². The van der Waals surface area contributed by atoms with Crippen LogP contribution in [0.25, 0.3) is 0 Å². The predicted octanol–water partition coefficient (Wildman–Crippen LogP) is 1.37. The van der Waals surface area contributed by atoms with Gasteiger partial charge in [0.1, 0.15) is 0 Å². The number of halogens is 1. The standard InChI is InChI=1S/C4H2BrN3S/c5-4-7-3(1-2-6)8-9-4/h1H2. The van der Waals surface area contributed by atoms with Crippen LogP contribution in [0.15, 0.2) is 3.92 Å². The zero-order valence-corrected chi connectivity index (χ0v) is 6.74. The molecule has 0 amide bonds. The fraction of sp³-hybridized carbons (Fsp3) is 0.250. The molecule has 0 aliphatic heterocycles. The Bertz CT molecular complexity index is 238. The average molecular weight is 204 g/mol. The van der Waals surface area contributed by atoms with Crippen molar-refractivity contribution in [3.63, 3.8) is 0 Å². The van der Waals surface area contributed by atoms with Crippen LogP contribution >= 0.6 is 27.5 Å². The predicted molar refractivity (Wildman–Crippen MR) is 36.9 cm³/mol. The van der Waals surface area contributed by atoms with E-state index in [0.717, 1.165) is 3.92 Å². The molecule has 0 aromatic carbocycles. The lowest BCUT2D eigenvalue weighted by molar-refractivity contribution is 1.07. The van der Waals surface area contributed by atoms with Crippen LogP contribution in [-0.4, -0.2) is 9.36 Å². The van der Waals surface area contributed by atoms with Gasteiger partial charge in [-0.15, -0.1) is 0 Å². The van der Waals surface area contributed by atoms with Crippen molar-refractivity contribution in [2.24, 2.45) is 0 Å². The van der Waals surface area contributed by atoms with Crippen LogP contribution in [0.5, 0.6) is 0 Å². The maximum Gasteiger partial charge on any atom is 0.179 e. The quantitative estimate of drug-likeness (QED) is 0.693. The van der Waals surface area contributed by atoms with Crippen LogP contribution in [0.2, 0.25) is 0 Å². The third-order valence-corrected chi connectivity index (χ3v) is 1.84. The second kappa shape index (κ2) is 2.90. The van der Waals surface area contributed by atoms with Crippen LogP contribution in [-0.2, 0) is 6.42 Å². The van der Waals surface area contributed by atoms with Gasteiger partial charge in [0.2, 0.25) is 0 Å². The molecule has 0 aliphatic carbocycles. The van der Waals surface area contributed by atoms with Gasteiger partial charge in [-0.05, 0) is 27.5 Å². The van der Waals surface area contributed by atoms with Crippen LogP contribution in [0, 0.1) is 11.3 Å². The molecule has 0 radical (unpaired) electrons. The minimum absolute atomic E-state index is 0.294. The monoisotopic (exact) mass is 203 g/mol. The topological polar surface area (TPSA) is 49.6 Å². The Morgan fingerprint density at radius 3 is 3.00 bits per heavy atom. The fourth-order valence-corrected chi connectivity index (χ4v) is 1.23. The van der Waals surface area contributed by atoms with Crippen molar-refractivity contribution in [3.05, 3.63) is 9.74 Å². The van der Waals surface area contributed by atoms with Crippen molar-refractivity contribution in [3.8, 4) is 6.07 Å². The summed E-state index contributed by atoms with van der Waals surface area (Å²) in [6, 6.07) is 1.96. The first-order valence-corrected chi connectivity index (χ1v) is 3.74. The normalized spacial score (nSPS) is 8.89. The third kappa shape index (κ3) is 1.73. The van der Waals surface area contributed by atoms with Crippen LogP contribution < -0.4 is 0 Å². The number of aromatic nitrogens is 2. The van der Waals surface area contributed by atoms with Gasteiger partial charge in [-0.1, -0.05) is 0 Å². The van der Waals surface area contributed by atoms with Gasteiger partial charge in [-0.2, -0.15) is 9.64 Å². The highest BCUT2D eigenvalue weighted by molar-refractivity contribution is 9.11. The van der Waals surface area contributed by atoms with Gasteiger partial charge in [-0.25, -0.2) is 4.98 Å². The molecule has 0 fully saturated rings. The van der Waals surface area contributed by atoms with Crippen LogP contribution in [0.4, 0.5) is 0 Å². The second-order valence-corrected chi connectivity index (χ2v) is 3.33. The van der Waals surface area contributed by atoms with Crippen molar-refractivity contribution in [1.29, 1.82) is 5.26 Å². The SMILES string of the molecule is N#CCc1nsc(Br)n1. The van der Waals surface area contributed by atoms with Crippen molar-refractivity contribution in [2.75, 3.05) is 0 Å². The fourth-order valence-electron chi connectivity index (χ4n) is 0.375. The highest BCUT2D eigenvalue weighted by Gasteiger charge is 1.97. The van der Waals surface area contributed by atoms with Crippen LogP contribution in [0.1, 0.15) is 5.82 Å². The molecule has 1 aromatic heterocycles. The lowest BCUT2D eigenvalue weighted by Crippen LogP contribution is -1.81. The summed E-state index contributed by atoms with van der Waals surface area (Å²) in [6.45, 7) is 0. The smallest absolute Gasteiger partial charge is 0.179 e. The molecule has 1 rings (SSSR count). The van der Waals surface area contributed by atoms with E-state index in [9.17, 15) is 0 Å². The van der Waals surface area contributed by atoms with Gasteiger partial charge < -0.3 is 0 Å². The molecule has 0 saturated heterocycles. The highest BCUT2D eigenvalue weighted by Crippen LogP contribution is 2.11. The van der Waals surface area contributed by atoms with E-state index >= 15 is 0 Å². The first-order chi connectivity index (χ1) is 4.33. The molecular weight excluding hydrogens is 202 g/mol. The summed E-state index contributed by atoms with van der Waals surface area (Å²) in [5, 5.41) is 8.19.